The van der Waals surface area contributed by atoms with Crippen LogP contribution in [0.5, 0.6) is 0 Å². The smallest absolute Gasteiger partial charge is 0.323 e. The Hall–Kier alpha value is -5.39. The first-order chi connectivity index (χ1) is 26.5. The molecule has 0 aromatic rings. The molecule has 318 valence electrons. The fourth-order valence-corrected chi connectivity index (χ4v) is 8.84. The highest BCUT2D eigenvalue weighted by Crippen LogP contribution is 2.70. The van der Waals surface area contributed by atoms with Crippen molar-refractivity contribution in [2.24, 2.45) is 40.2 Å². The summed E-state index contributed by atoms with van der Waals surface area (Å²) in [7, 11) is 0. The quantitative estimate of drug-likeness (QED) is 0.0761. The number of carboxylic acid groups (broad SMARTS) is 1. The zero-order valence-corrected chi connectivity index (χ0v) is 31.0. The molecule has 0 spiro atoms. The number of ether oxygens (including phenoxy) is 2. The molecule has 57 heavy (non-hydrogen) atoms. The summed E-state index contributed by atoms with van der Waals surface area (Å²) < 4.78 is 42.7. The Balaban J connectivity index is 0.000000766. The van der Waals surface area contributed by atoms with E-state index in [4.69, 9.17) is 20.3 Å². The Kier molecular flexibility index (Phi) is 15.1. The zero-order chi connectivity index (χ0) is 43.0. The summed E-state index contributed by atoms with van der Waals surface area (Å²) in [5, 5.41) is 46.3. The highest BCUT2D eigenvalue weighted by molar-refractivity contribution is 6.01. The lowest BCUT2D eigenvalue weighted by Gasteiger charge is -2.62. The van der Waals surface area contributed by atoms with Gasteiger partial charge in [0.1, 0.15) is 32.0 Å². The van der Waals surface area contributed by atoms with Crippen molar-refractivity contribution < 1.29 is 82.2 Å². The fraction of sp³-hybridized carbons (Fsp3) is 0.727. The number of hydrogen-bond acceptors (Lipinski definition) is 18. The third-order valence-corrected chi connectivity index (χ3v) is 11.1. The lowest BCUT2D eigenvalue weighted by atomic mass is 9.45. The van der Waals surface area contributed by atoms with Crippen LogP contribution >= 0.6 is 0 Å². The predicted octanol–water partition coefficient (Wildman–Crippen LogP) is 1.39. The maximum Gasteiger partial charge on any atom is 0.323 e. The first kappa shape index (κ1) is 46.0. The SMILES string of the molecule is C[C@@H]1CC2C3C[C@H](F)C4=CC(=O)C=CC4(C)[C@@]3(F)C(O)CC2(C)C1C(=O)COC(=O)CC(N)C(=O)OCC(CO[N+](=O)[O-])O[N+](=O)[O-].O=C(O)CCCO[N+](=O)[O-]. The van der Waals surface area contributed by atoms with E-state index >= 15 is 8.78 Å². The van der Waals surface area contributed by atoms with E-state index in [0.717, 1.165) is 6.08 Å². The summed E-state index contributed by atoms with van der Waals surface area (Å²) in [6.45, 7) is 2.33. The van der Waals surface area contributed by atoms with Gasteiger partial charge in [0.25, 0.3) is 15.3 Å². The number of aliphatic hydroxyl groups excluding tert-OH is 1. The van der Waals surface area contributed by atoms with Crippen LogP contribution in [0.4, 0.5) is 8.78 Å². The summed E-state index contributed by atoms with van der Waals surface area (Å²) in [5.74, 6) is -6.85. The number of fused-ring (bicyclic) bond motifs is 5. The maximum absolute atomic E-state index is 17.3. The molecule has 11 atom stereocenters. The average molecular weight is 823 g/mol. The molecule has 0 aromatic heterocycles. The largest absolute Gasteiger partial charge is 0.481 e. The Bertz CT molecular complexity index is 1650. The van der Waals surface area contributed by atoms with E-state index in [9.17, 15) is 59.4 Å². The van der Waals surface area contributed by atoms with E-state index in [1.807, 2.05) is 0 Å². The van der Waals surface area contributed by atoms with Crippen molar-refractivity contribution in [1.29, 1.82) is 0 Å². The van der Waals surface area contributed by atoms with E-state index in [0.29, 0.717) is 6.42 Å². The number of aliphatic carboxylic acids is 1. The van der Waals surface area contributed by atoms with Crippen LogP contribution in [-0.4, -0.2) is 111 Å². The molecule has 4 aliphatic rings. The van der Waals surface area contributed by atoms with Gasteiger partial charge in [0.15, 0.2) is 23.3 Å². The minimum Gasteiger partial charge on any atom is -0.481 e. The van der Waals surface area contributed by atoms with E-state index in [2.05, 4.69) is 14.5 Å². The average Bonchev–Trinajstić information content (AvgIpc) is 3.37. The molecule has 24 heteroatoms. The molecule has 3 saturated carbocycles. The highest BCUT2D eigenvalue weighted by atomic mass is 19.1. The number of alkyl halides is 2. The van der Waals surface area contributed by atoms with E-state index in [-0.39, 0.29) is 43.8 Å². The van der Waals surface area contributed by atoms with Gasteiger partial charge in [-0.05, 0) is 67.6 Å². The van der Waals surface area contributed by atoms with Gasteiger partial charge in [0.2, 0.25) is 0 Å². The summed E-state index contributed by atoms with van der Waals surface area (Å²) in [5.41, 5.74) is 0.813. The second-order valence-corrected chi connectivity index (χ2v) is 14.7. The molecule has 0 saturated heterocycles. The Morgan fingerprint density at radius 3 is 2.26 bits per heavy atom. The van der Waals surface area contributed by atoms with Crippen LogP contribution in [0.2, 0.25) is 0 Å². The molecule has 4 N–H and O–H groups in total. The summed E-state index contributed by atoms with van der Waals surface area (Å²) in [6, 6.07) is -1.63. The van der Waals surface area contributed by atoms with Crippen molar-refractivity contribution in [3.8, 4) is 0 Å². The number of carboxylic acids is 1. The van der Waals surface area contributed by atoms with Gasteiger partial charge < -0.3 is 39.9 Å². The number of nitrogens with zero attached hydrogens (tertiary/aromatic N) is 3. The molecule has 0 aromatic carbocycles. The van der Waals surface area contributed by atoms with E-state index < -0.39 is 130 Å². The Morgan fingerprint density at radius 1 is 1.02 bits per heavy atom. The third kappa shape index (κ3) is 10.5. The van der Waals surface area contributed by atoms with Crippen molar-refractivity contribution in [3.05, 3.63) is 54.1 Å². The van der Waals surface area contributed by atoms with Gasteiger partial charge in [-0.25, -0.2) is 8.78 Å². The van der Waals surface area contributed by atoms with Crippen molar-refractivity contribution in [2.45, 2.75) is 89.4 Å². The molecular weight excluding hydrogens is 778 g/mol. The van der Waals surface area contributed by atoms with Gasteiger partial charge in [-0.1, -0.05) is 19.9 Å². The van der Waals surface area contributed by atoms with Gasteiger partial charge in [-0.15, -0.1) is 30.3 Å². The number of aliphatic hydroxyl groups is 1. The number of carbonyl (C=O) groups excluding carboxylic acids is 4. The lowest BCUT2D eigenvalue weighted by molar-refractivity contribution is -0.790. The van der Waals surface area contributed by atoms with Crippen LogP contribution in [0.1, 0.15) is 59.3 Å². The minimum atomic E-state index is -2.30. The number of halogens is 2. The first-order valence-electron chi connectivity index (χ1n) is 17.6. The van der Waals surface area contributed by atoms with Gasteiger partial charge in [0, 0.05) is 23.7 Å². The van der Waals surface area contributed by atoms with Crippen LogP contribution < -0.4 is 5.73 Å². The summed E-state index contributed by atoms with van der Waals surface area (Å²) in [4.78, 5) is 102. The molecule has 8 unspecified atom stereocenters. The number of hydrogen-bond donors (Lipinski definition) is 3. The number of esters is 2. The number of allylic oxidation sites excluding steroid dienone is 4. The molecule has 0 bridgehead atoms. The van der Waals surface area contributed by atoms with Crippen LogP contribution in [0.15, 0.2) is 23.8 Å². The number of nitrogens with two attached hydrogens (primary N) is 1. The topological polar surface area (TPSA) is 327 Å². The molecular formula is C33H44F2N4O18. The van der Waals surface area contributed by atoms with Crippen molar-refractivity contribution in [3.63, 3.8) is 0 Å². The van der Waals surface area contributed by atoms with Crippen LogP contribution in [-0.2, 0) is 48.0 Å². The minimum absolute atomic E-state index is 0.00681. The van der Waals surface area contributed by atoms with Crippen molar-refractivity contribution in [1.82, 2.24) is 0 Å². The first-order valence-corrected chi connectivity index (χ1v) is 17.6. The monoisotopic (exact) mass is 822 g/mol. The standard InChI is InChI=1S/C29H37F2N3O13.C4H7NO5/c1-14-6-17-18-8-20(30)19-7-15(35)4-5-28(19,3)29(18,31)23(37)10-27(17,2)25(14)22(36)13-44-24(38)9-21(32)26(39)45-11-16(47-34(42)43)12-46-33(40)41;6-4(7)2-1-3-10-5(8)9/h4-5,7,14,16-18,20-21,23,25,37H,6,8-13,32H2,1-3H3;1-3H2,(H,6,7)/t14-,16?,17?,18?,20+,21?,23?,25?,27?,28?,29+;/m1./s1. The lowest BCUT2D eigenvalue weighted by Crippen LogP contribution is -2.68. The van der Waals surface area contributed by atoms with Crippen LogP contribution in [0.25, 0.3) is 0 Å². The van der Waals surface area contributed by atoms with E-state index in [1.165, 1.54) is 19.1 Å². The molecule has 4 aliphatic carbocycles. The summed E-state index contributed by atoms with van der Waals surface area (Å²) >= 11 is 0. The Morgan fingerprint density at radius 2 is 1.67 bits per heavy atom. The molecule has 0 radical (unpaired) electrons. The molecule has 0 aliphatic heterocycles. The van der Waals surface area contributed by atoms with Crippen LogP contribution in [0, 0.1) is 64.8 Å². The second kappa shape index (κ2) is 18.7. The van der Waals surface area contributed by atoms with Gasteiger partial charge in [-0.2, -0.15) is 0 Å². The third-order valence-electron chi connectivity index (χ3n) is 11.1. The van der Waals surface area contributed by atoms with Crippen molar-refractivity contribution in [2.75, 3.05) is 26.4 Å². The fourth-order valence-electron chi connectivity index (χ4n) is 8.84. The Labute approximate surface area is 321 Å². The maximum atomic E-state index is 17.3. The number of ketones is 2. The van der Waals surface area contributed by atoms with Gasteiger partial charge in [-0.3, -0.25) is 24.0 Å². The van der Waals surface area contributed by atoms with E-state index in [1.54, 1.807) is 13.8 Å². The predicted molar refractivity (Wildman–Crippen MR) is 181 cm³/mol. The highest BCUT2D eigenvalue weighted by Gasteiger charge is 2.73. The van der Waals surface area contributed by atoms with Crippen LogP contribution in [0.3, 0.4) is 0 Å². The zero-order valence-electron chi connectivity index (χ0n) is 31.0. The van der Waals surface area contributed by atoms with Gasteiger partial charge >= 0.3 is 17.9 Å². The molecule has 4 rings (SSSR count). The van der Waals surface area contributed by atoms with Crippen molar-refractivity contribution >= 4 is 29.5 Å². The molecule has 22 nitrogen and oxygen atoms in total. The summed E-state index contributed by atoms with van der Waals surface area (Å²) in [6.07, 6.45) is -2.02. The normalized spacial score (nSPS) is 31.9. The molecule has 3 fully saturated rings. The van der Waals surface area contributed by atoms with Gasteiger partial charge in [0.05, 0.1) is 19.1 Å². The molecule has 0 amide bonds. The molecule has 0 heterocycles. The second-order valence-electron chi connectivity index (χ2n) is 14.7. The number of carbonyl (C=O) groups is 5. The number of rotatable bonds is 18. The number of Topliss-reactive ketones (excluding diaryl/α,β-unsaturated/α-hetero) is 1.